The Labute approximate surface area is 162 Å². The molecule has 0 spiro atoms. The molecule has 0 aliphatic carbocycles. The summed E-state index contributed by atoms with van der Waals surface area (Å²) in [6, 6.07) is 9.49. The van der Waals surface area contributed by atoms with Gasteiger partial charge in [-0.2, -0.15) is 13.2 Å². The number of nitrogens with one attached hydrogen (secondary N) is 2. The van der Waals surface area contributed by atoms with E-state index < -0.39 is 36.3 Å². The number of benzene rings is 2. The van der Waals surface area contributed by atoms with Gasteiger partial charge < -0.3 is 10.6 Å². The number of amides is 4. The van der Waals surface area contributed by atoms with Crippen molar-refractivity contribution in [2.75, 3.05) is 18.9 Å². The van der Waals surface area contributed by atoms with Crippen LogP contribution >= 0.6 is 0 Å². The van der Waals surface area contributed by atoms with E-state index in [1.165, 1.54) is 49.5 Å². The molecule has 0 saturated carbocycles. The molecule has 0 bridgehead atoms. The van der Waals surface area contributed by atoms with Crippen LogP contribution in [0.3, 0.4) is 0 Å². The van der Waals surface area contributed by atoms with Crippen molar-refractivity contribution in [1.29, 1.82) is 0 Å². The van der Waals surface area contributed by atoms with Crippen LogP contribution in [-0.4, -0.2) is 48.3 Å². The van der Waals surface area contributed by atoms with E-state index in [1.54, 1.807) is 5.32 Å². The third-order valence-corrected chi connectivity index (χ3v) is 4.22. The lowest BCUT2D eigenvalue weighted by Gasteiger charge is -2.13. The topological polar surface area (TPSA) is 95.6 Å². The molecule has 0 atom stereocenters. The molecule has 4 amide bonds. The first kappa shape index (κ1) is 20.1. The number of alkyl halides is 3. The largest absolute Gasteiger partial charge is 0.405 e. The first-order valence-electron chi connectivity index (χ1n) is 8.30. The number of para-hydroxylation sites is 1. The minimum Gasteiger partial charge on any atom is -0.343 e. The fourth-order valence-electron chi connectivity index (χ4n) is 2.76. The molecule has 0 fully saturated rings. The van der Waals surface area contributed by atoms with E-state index in [4.69, 9.17) is 0 Å². The summed E-state index contributed by atoms with van der Waals surface area (Å²) in [4.78, 5) is 49.5. The summed E-state index contributed by atoms with van der Waals surface area (Å²) in [6.45, 7) is -1.51. The molecule has 1 heterocycles. The predicted octanol–water partition coefficient (Wildman–Crippen LogP) is 2.46. The van der Waals surface area contributed by atoms with Gasteiger partial charge in [0.05, 0.1) is 22.4 Å². The summed E-state index contributed by atoms with van der Waals surface area (Å²) >= 11 is 0. The van der Waals surface area contributed by atoms with Gasteiger partial charge in [0.1, 0.15) is 6.54 Å². The van der Waals surface area contributed by atoms with Crippen molar-refractivity contribution in [1.82, 2.24) is 10.2 Å². The Morgan fingerprint density at radius 3 is 2.31 bits per heavy atom. The standard InChI is InChI=1S/C19H14F3N3O4/c1-25-17(28)11-7-6-10(8-13(11)18(25)29)15(26)24-14-5-3-2-4-12(14)16(27)23-9-19(20,21)22/h2-8H,9H2,1H3,(H,23,27)(H,24,26). The van der Waals surface area contributed by atoms with Gasteiger partial charge in [0, 0.05) is 12.6 Å². The Kier molecular flexibility index (Phi) is 5.10. The molecule has 7 nitrogen and oxygen atoms in total. The minimum absolute atomic E-state index is 0.00260. The first-order chi connectivity index (χ1) is 13.6. The normalized spacial score (nSPS) is 13.3. The van der Waals surface area contributed by atoms with Crippen LogP contribution in [0, 0.1) is 0 Å². The second-order valence-corrected chi connectivity index (χ2v) is 6.23. The minimum atomic E-state index is -4.57. The molecule has 0 saturated heterocycles. The number of halogens is 3. The van der Waals surface area contributed by atoms with E-state index in [2.05, 4.69) is 5.32 Å². The van der Waals surface area contributed by atoms with E-state index in [0.29, 0.717) is 0 Å². The summed E-state index contributed by atoms with van der Waals surface area (Å²) in [5.74, 6) is -2.73. The predicted molar refractivity (Wildman–Crippen MR) is 95.6 cm³/mol. The fraction of sp³-hybridized carbons (Fsp3) is 0.158. The number of fused-ring (bicyclic) bond motifs is 1. The lowest BCUT2D eigenvalue weighted by molar-refractivity contribution is -0.123. The zero-order chi connectivity index (χ0) is 21.3. The molecule has 29 heavy (non-hydrogen) atoms. The summed E-state index contributed by atoms with van der Waals surface area (Å²) in [7, 11) is 1.32. The van der Waals surface area contributed by atoms with Gasteiger partial charge in [0.2, 0.25) is 0 Å². The molecular weight excluding hydrogens is 391 g/mol. The Morgan fingerprint density at radius 1 is 0.966 bits per heavy atom. The number of imide groups is 1. The summed E-state index contributed by atoms with van der Waals surface area (Å²) < 4.78 is 37.0. The highest BCUT2D eigenvalue weighted by atomic mass is 19.4. The van der Waals surface area contributed by atoms with Crippen LogP contribution in [0.2, 0.25) is 0 Å². The summed E-state index contributed by atoms with van der Waals surface area (Å²) in [5.41, 5.74) is 0.127. The van der Waals surface area contributed by atoms with Crippen molar-refractivity contribution < 1.29 is 32.3 Å². The number of hydrogen-bond acceptors (Lipinski definition) is 4. The Hall–Kier alpha value is -3.69. The molecule has 0 aromatic heterocycles. The van der Waals surface area contributed by atoms with Gasteiger partial charge in [-0.15, -0.1) is 0 Å². The van der Waals surface area contributed by atoms with Gasteiger partial charge in [-0.3, -0.25) is 24.1 Å². The lowest BCUT2D eigenvalue weighted by Crippen LogP contribution is -2.34. The van der Waals surface area contributed by atoms with Crippen LogP contribution in [-0.2, 0) is 0 Å². The van der Waals surface area contributed by atoms with Crippen molar-refractivity contribution in [3.63, 3.8) is 0 Å². The number of nitrogens with zero attached hydrogens (tertiary/aromatic N) is 1. The third kappa shape index (κ3) is 4.10. The number of carbonyl (C=O) groups is 4. The van der Waals surface area contributed by atoms with Gasteiger partial charge in [-0.05, 0) is 30.3 Å². The van der Waals surface area contributed by atoms with Crippen LogP contribution in [0.4, 0.5) is 18.9 Å². The van der Waals surface area contributed by atoms with Gasteiger partial charge in [-0.1, -0.05) is 12.1 Å². The molecule has 0 radical (unpaired) electrons. The molecule has 150 valence electrons. The van der Waals surface area contributed by atoms with Crippen LogP contribution in [0.5, 0.6) is 0 Å². The maximum atomic E-state index is 12.5. The smallest absolute Gasteiger partial charge is 0.343 e. The summed E-state index contributed by atoms with van der Waals surface area (Å²) in [6.07, 6.45) is -4.57. The average Bonchev–Trinajstić information content (AvgIpc) is 2.90. The van der Waals surface area contributed by atoms with Crippen molar-refractivity contribution in [3.05, 3.63) is 64.7 Å². The molecule has 10 heteroatoms. The molecule has 0 unspecified atom stereocenters. The fourth-order valence-corrected chi connectivity index (χ4v) is 2.76. The molecule has 1 aliphatic heterocycles. The Morgan fingerprint density at radius 2 is 1.62 bits per heavy atom. The second kappa shape index (κ2) is 7.38. The average molecular weight is 405 g/mol. The van der Waals surface area contributed by atoms with Crippen LogP contribution in [0.15, 0.2) is 42.5 Å². The second-order valence-electron chi connectivity index (χ2n) is 6.23. The van der Waals surface area contributed by atoms with E-state index in [-0.39, 0.29) is 27.9 Å². The Bertz CT molecular complexity index is 1030. The zero-order valence-corrected chi connectivity index (χ0v) is 15.0. The molecule has 3 rings (SSSR count). The first-order valence-corrected chi connectivity index (χ1v) is 8.30. The van der Waals surface area contributed by atoms with E-state index in [1.807, 2.05) is 0 Å². The number of anilines is 1. The molecule has 1 aliphatic rings. The number of carbonyl (C=O) groups excluding carboxylic acids is 4. The third-order valence-electron chi connectivity index (χ3n) is 4.22. The van der Waals surface area contributed by atoms with Crippen molar-refractivity contribution in [3.8, 4) is 0 Å². The van der Waals surface area contributed by atoms with Gasteiger partial charge in [-0.25, -0.2) is 0 Å². The SMILES string of the molecule is CN1C(=O)c2ccc(C(=O)Nc3ccccc3C(=O)NCC(F)(F)F)cc2C1=O. The monoisotopic (exact) mass is 405 g/mol. The van der Waals surface area contributed by atoms with E-state index in [9.17, 15) is 32.3 Å². The van der Waals surface area contributed by atoms with Gasteiger partial charge in [0.15, 0.2) is 0 Å². The number of rotatable bonds is 4. The van der Waals surface area contributed by atoms with Crippen LogP contribution in [0.1, 0.15) is 41.4 Å². The molecule has 2 aromatic carbocycles. The lowest BCUT2D eigenvalue weighted by atomic mass is 10.0. The molecule has 2 N–H and O–H groups in total. The molecule has 2 aromatic rings. The van der Waals surface area contributed by atoms with Crippen molar-refractivity contribution in [2.45, 2.75) is 6.18 Å². The van der Waals surface area contributed by atoms with Gasteiger partial charge >= 0.3 is 6.18 Å². The number of hydrogen-bond donors (Lipinski definition) is 2. The highest BCUT2D eigenvalue weighted by Crippen LogP contribution is 2.24. The maximum absolute atomic E-state index is 12.5. The zero-order valence-electron chi connectivity index (χ0n) is 15.0. The van der Waals surface area contributed by atoms with E-state index >= 15 is 0 Å². The van der Waals surface area contributed by atoms with Crippen LogP contribution in [0.25, 0.3) is 0 Å². The van der Waals surface area contributed by atoms with Crippen molar-refractivity contribution >= 4 is 29.3 Å². The highest BCUT2D eigenvalue weighted by Gasteiger charge is 2.33. The summed E-state index contributed by atoms with van der Waals surface area (Å²) in [5, 5.41) is 4.18. The van der Waals surface area contributed by atoms with E-state index in [0.717, 1.165) is 4.90 Å². The Balaban J connectivity index is 1.81. The highest BCUT2D eigenvalue weighted by molar-refractivity contribution is 6.22. The van der Waals surface area contributed by atoms with Gasteiger partial charge in [0.25, 0.3) is 23.6 Å². The molecular formula is C19H14F3N3O4. The van der Waals surface area contributed by atoms with Crippen LogP contribution < -0.4 is 10.6 Å². The maximum Gasteiger partial charge on any atom is 0.405 e. The van der Waals surface area contributed by atoms with Crippen molar-refractivity contribution in [2.24, 2.45) is 0 Å². The quantitative estimate of drug-likeness (QED) is 0.764.